The summed E-state index contributed by atoms with van der Waals surface area (Å²) in [7, 11) is 1.74. The molecule has 0 spiro atoms. The van der Waals surface area contributed by atoms with E-state index in [0.717, 1.165) is 12.5 Å². The zero-order valence-electron chi connectivity index (χ0n) is 11.6. The third kappa shape index (κ3) is 2.69. The topological polar surface area (TPSA) is 52.6 Å². The van der Waals surface area contributed by atoms with Crippen LogP contribution in [-0.2, 0) is 4.79 Å². The number of nitrogens with one attached hydrogen (secondary N) is 1. The highest BCUT2D eigenvalue weighted by Crippen LogP contribution is 2.35. The Balaban J connectivity index is 2.00. The Morgan fingerprint density at radius 1 is 1.33 bits per heavy atom. The van der Waals surface area contributed by atoms with Crippen molar-refractivity contribution in [2.75, 3.05) is 20.1 Å². The molecule has 0 bridgehead atoms. The summed E-state index contributed by atoms with van der Waals surface area (Å²) in [5, 5.41) is 12.3. The fourth-order valence-electron chi connectivity index (χ4n) is 3.58. The molecular weight excluding hydrogens is 228 g/mol. The molecule has 1 saturated heterocycles. The number of carboxylic acids is 1. The highest BCUT2D eigenvalue weighted by atomic mass is 16.4. The van der Waals surface area contributed by atoms with Crippen LogP contribution < -0.4 is 5.32 Å². The number of carbonyl (C=O) groups is 1. The minimum atomic E-state index is -0.818. The van der Waals surface area contributed by atoms with Gasteiger partial charge in [0.2, 0.25) is 0 Å². The van der Waals surface area contributed by atoms with Crippen molar-refractivity contribution in [1.29, 1.82) is 0 Å². The van der Waals surface area contributed by atoms with Gasteiger partial charge in [0, 0.05) is 12.6 Å². The van der Waals surface area contributed by atoms with Crippen molar-refractivity contribution in [3.63, 3.8) is 0 Å². The van der Waals surface area contributed by atoms with Crippen LogP contribution >= 0.6 is 0 Å². The fourth-order valence-corrected chi connectivity index (χ4v) is 3.58. The average molecular weight is 254 g/mol. The molecule has 18 heavy (non-hydrogen) atoms. The number of likely N-dealkylation sites (tertiary alicyclic amines) is 1. The zero-order chi connectivity index (χ0) is 13.2. The highest BCUT2D eigenvalue weighted by molar-refractivity contribution is 5.78. The van der Waals surface area contributed by atoms with Crippen LogP contribution in [0.2, 0.25) is 0 Å². The van der Waals surface area contributed by atoms with Gasteiger partial charge in [-0.3, -0.25) is 9.69 Å². The van der Waals surface area contributed by atoms with Gasteiger partial charge in [0.05, 0.1) is 0 Å². The average Bonchev–Trinajstić information content (AvgIpc) is 2.98. The number of carboxylic acid groups (broad SMARTS) is 1. The molecule has 104 valence electrons. The molecule has 2 unspecified atom stereocenters. The number of rotatable bonds is 5. The first kappa shape index (κ1) is 13.8. The second kappa shape index (κ2) is 5.57. The molecule has 0 radical (unpaired) electrons. The van der Waals surface area contributed by atoms with Crippen molar-refractivity contribution >= 4 is 5.97 Å². The molecule has 1 heterocycles. The molecule has 0 amide bonds. The Labute approximate surface area is 110 Å². The largest absolute Gasteiger partial charge is 0.480 e. The highest BCUT2D eigenvalue weighted by Gasteiger charge is 2.39. The van der Waals surface area contributed by atoms with Gasteiger partial charge < -0.3 is 10.4 Å². The van der Waals surface area contributed by atoms with Crippen LogP contribution in [0.1, 0.15) is 45.4 Å². The first-order valence-electron chi connectivity index (χ1n) is 7.23. The summed E-state index contributed by atoms with van der Waals surface area (Å²) in [5.41, 5.74) is -0.818. The lowest BCUT2D eigenvalue weighted by molar-refractivity contribution is -0.145. The van der Waals surface area contributed by atoms with Crippen molar-refractivity contribution in [2.45, 2.75) is 57.0 Å². The lowest BCUT2D eigenvalue weighted by atomic mass is 9.94. The van der Waals surface area contributed by atoms with Crippen LogP contribution in [0.3, 0.4) is 0 Å². The maximum Gasteiger partial charge on any atom is 0.324 e. The Morgan fingerprint density at radius 3 is 2.56 bits per heavy atom. The molecule has 2 aliphatic rings. The smallest absolute Gasteiger partial charge is 0.324 e. The van der Waals surface area contributed by atoms with Crippen LogP contribution in [0, 0.1) is 5.92 Å². The number of hydrogen-bond acceptors (Lipinski definition) is 3. The first-order valence-corrected chi connectivity index (χ1v) is 7.23. The molecule has 0 aromatic heterocycles. The van der Waals surface area contributed by atoms with E-state index in [4.69, 9.17) is 0 Å². The summed E-state index contributed by atoms with van der Waals surface area (Å²) >= 11 is 0. The maximum absolute atomic E-state index is 11.4. The summed E-state index contributed by atoms with van der Waals surface area (Å²) in [6.07, 6.45) is 7.87. The molecule has 4 nitrogen and oxygen atoms in total. The van der Waals surface area contributed by atoms with Crippen LogP contribution in [0.5, 0.6) is 0 Å². The van der Waals surface area contributed by atoms with Gasteiger partial charge in [-0.05, 0) is 52.1 Å². The Hall–Kier alpha value is -0.610. The van der Waals surface area contributed by atoms with E-state index in [1.54, 1.807) is 14.0 Å². The second-order valence-electron chi connectivity index (χ2n) is 6.11. The lowest BCUT2D eigenvalue weighted by Gasteiger charge is -2.35. The molecule has 1 saturated carbocycles. The van der Waals surface area contributed by atoms with Crippen molar-refractivity contribution in [1.82, 2.24) is 10.2 Å². The molecule has 1 aliphatic carbocycles. The first-order chi connectivity index (χ1) is 8.57. The Kier molecular flexibility index (Phi) is 4.28. The molecule has 2 N–H and O–H groups in total. The SMILES string of the molecule is CNC(C)(CN1CCCC1C1CCCC1)C(=O)O. The normalized spacial score (nSPS) is 29.6. The van der Waals surface area contributed by atoms with E-state index in [-0.39, 0.29) is 0 Å². The molecular formula is C14H26N2O2. The summed E-state index contributed by atoms with van der Waals surface area (Å²) in [5.74, 6) is 0.0597. The van der Waals surface area contributed by atoms with E-state index in [2.05, 4.69) is 10.2 Å². The summed E-state index contributed by atoms with van der Waals surface area (Å²) in [6.45, 7) is 3.48. The van der Waals surface area contributed by atoms with E-state index in [9.17, 15) is 9.90 Å². The van der Waals surface area contributed by atoms with Gasteiger partial charge >= 0.3 is 5.97 Å². The van der Waals surface area contributed by atoms with Gasteiger partial charge in [-0.1, -0.05) is 12.8 Å². The van der Waals surface area contributed by atoms with Gasteiger partial charge in [-0.2, -0.15) is 0 Å². The van der Waals surface area contributed by atoms with Crippen molar-refractivity contribution in [3.05, 3.63) is 0 Å². The van der Waals surface area contributed by atoms with Crippen LogP contribution in [0.15, 0.2) is 0 Å². The Bertz CT molecular complexity index is 302. The molecule has 2 fully saturated rings. The monoisotopic (exact) mass is 254 g/mol. The third-order valence-electron chi connectivity index (χ3n) is 4.90. The summed E-state index contributed by atoms with van der Waals surface area (Å²) in [6, 6.07) is 0.625. The molecule has 4 heteroatoms. The van der Waals surface area contributed by atoms with Gasteiger partial charge in [0.1, 0.15) is 5.54 Å². The van der Waals surface area contributed by atoms with Crippen LogP contribution in [0.4, 0.5) is 0 Å². The standard InChI is InChI=1S/C14H26N2O2/c1-14(15-2,13(17)18)10-16-9-5-8-12(16)11-6-3-4-7-11/h11-12,15H,3-10H2,1-2H3,(H,17,18). The van der Waals surface area contributed by atoms with Crippen molar-refractivity contribution in [2.24, 2.45) is 5.92 Å². The Morgan fingerprint density at radius 2 is 2.00 bits per heavy atom. The minimum Gasteiger partial charge on any atom is -0.480 e. The van der Waals surface area contributed by atoms with E-state index in [0.29, 0.717) is 12.6 Å². The third-order valence-corrected chi connectivity index (χ3v) is 4.90. The molecule has 0 aromatic rings. The van der Waals surface area contributed by atoms with Gasteiger partial charge in [0.25, 0.3) is 0 Å². The fraction of sp³-hybridized carbons (Fsp3) is 0.929. The lowest BCUT2D eigenvalue weighted by Crippen LogP contribution is -2.57. The van der Waals surface area contributed by atoms with E-state index < -0.39 is 11.5 Å². The summed E-state index contributed by atoms with van der Waals surface area (Å²) in [4.78, 5) is 13.8. The van der Waals surface area contributed by atoms with E-state index in [1.165, 1.54) is 38.5 Å². The van der Waals surface area contributed by atoms with Crippen molar-refractivity contribution in [3.8, 4) is 0 Å². The molecule has 2 atom stereocenters. The quantitative estimate of drug-likeness (QED) is 0.784. The molecule has 2 rings (SSSR count). The predicted octanol–water partition coefficient (Wildman–Crippen LogP) is 1.70. The predicted molar refractivity (Wildman–Crippen MR) is 71.7 cm³/mol. The number of likely N-dealkylation sites (N-methyl/N-ethyl adjacent to an activating group) is 1. The second-order valence-corrected chi connectivity index (χ2v) is 6.11. The van der Waals surface area contributed by atoms with Gasteiger partial charge in [-0.15, -0.1) is 0 Å². The van der Waals surface area contributed by atoms with Crippen molar-refractivity contribution < 1.29 is 9.90 Å². The number of aliphatic carboxylic acids is 1. The maximum atomic E-state index is 11.4. The number of nitrogens with zero attached hydrogens (tertiary/aromatic N) is 1. The van der Waals surface area contributed by atoms with Gasteiger partial charge in [0.15, 0.2) is 0 Å². The number of hydrogen-bond donors (Lipinski definition) is 2. The van der Waals surface area contributed by atoms with Crippen LogP contribution in [-0.4, -0.2) is 47.7 Å². The molecule has 1 aliphatic heterocycles. The zero-order valence-corrected chi connectivity index (χ0v) is 11.6. The van der Waals surface area contributed by atoms with E-state index in [1.807, 2.05) is 0 Å². The van der Waals surface area contributed by atoms with Gasteiger partial charge in [-0.25, -0.2) is 0 Å². The molecule has 0 aromatic carbocycles. The van der Waals surface area contributed by atoms with E-state index >= 15 is 0 Å². The summed E-state index contributed by atoms with van der Waals surface area (Å²) < 4.78 is 0. The van der Waals surface area contributed by atoms with Crippen LogP contribution in [0.25, 0.3) is 0 Å². The minimum absolute atomic E-state index is 0.625.